The van der Waals surface area contributed by atoms with Crippen molar-refractivity contribution in [2.45, 2.75) is 13.5 Å². The normalized spacial score (nSPS) is 14.3. The van der Waals surface area contributed by atoms with Crippen molar-refractivity contribution >= 4 is 16.9 Å². The van der Waals surface area contributed by atoms with Gasteiger partial charge in [0, 0.05) is 49.5 Å². The van der Waals surface area contributed by atoms with Crippen LogP contribution in [-0.2, 0) is 6.54 Å². The summed E-state index contributed by atoms with van der Waals surface area (Å²) in [6.07, 6.45) is 0. The number of fused-ring (bicyclic) bond motifs is 1. The fourth-order valence-electron chi connectivity index (χ4n) is 4.77. The van der Waals surface area contributed by atoms with Crippen LogP contribution in [0.4, 0.5) is 0 Å². The molecule has 3 aromatic carbocycles. The molecule has 0 spiro atoms. The van der Waals surface area contributed by atoms with Gasteiger partial charge in [-0.3, -0.25) is 14.3 Å². The van der Waals surface area contributed by atoms with Crippen molar-refractivity contribution in [1.82, 2.24) is 19.4 Å². The van der Waals surface area contributed by atoms with Crippen LogP contribution in [0.1, 0.15) is 21.7 Å². The van der Waals surface area contributed by atoms with E-state index in [1.807, 2.05) is 66.4 Å². The van der Waals surface area contributed by atoms with E-state index in [0.717, 1.165) is 59.2 Å². The highest BCUT2D eigenvalue weighted by atomic mass is 16.5. The van der Waals surface area contributed by atoms with Crippen molar-refractivity contribution < 1.29 is 14.3 Å². The Morgan fingerprint density at radius 1 is 0.914 bits per heavy atom. The zero-order valence-electron chi connectivity index (χ0n) is 20.4. The summed E-state index contributed by atoms with van der Waals surface area (Å²) in [5.41, 5.74) is 4.67. The van der Waals surface area contributed by atoms with E-state index in [2.05, 4.69) is 21.6 Å². The lowest BCUT2D eigenvalue weighted by Crippen LogP contribution is -2.48. The van der Waals surface area contributed by atoms with Crippen LogP contribution in [0.3, 0.4) is 0 Å². The van der Waals surface area contributed by atoms with Crippen LogP contribution in [0.25, 0.3) is 16.7 Å². The van der Waals surface area contributed by atoms with Gasteiger partial charge in [-0.05, 0) is 55.5 Å². The molecule has 35 heavy (non-hydrogen) atoms. The number of ether oxygens (including phenoxy) is 2. The minimum atomic E-state index is 0.0532. The maximum Gasteiger partial charge on any atom is 0.254 e. The average Bonchev–Trinajstić information content (AvgIpc) is 3.24. The van der Waals surface area contributed by atoms with Gasteiger partial charge in [0.05, 0.1) is 25.3 Å². The molecule has 7 heteroatoms. The van der Waals surface area contributed by atoms with E-state index in [-0.39, 0.29) is 5.91 Å². The van der Waals surface area contributed by atoms with Gasteiger partial charge < -0.3 is 14.4 Å². The molecular formula is C28H30N4O3. The highest BCUT2D eigenvalue weighted by Gasteiger charge is 2.24. The van der Waals surface area contributed by atoms with Gasteiger partial charge in [0.15, 0.2) is 0 Å². The number of rotatable bonds is 6. The number of carbonyl (C=O) groups is 1. The third-order valence-corrected chi connectivity index (χ3v) is 6.62. The Bertz CT molecular complexity index is 1340. The average molecular weight is 471 g/mol. The number of benzene rings is 3. The molecular weight excluding hydrogens is 440 g/mol. The molecule has 0 radical (unpaired) electrons. The first kappa shape index (κ1) is 22.9. The Morgan fingerprint density at radius 2 is 1.69 bits per heavy atom. The summed E-state index contributed by atoms with van der Waals surface area (Å²) >= 11 is 0. The van der Waals surface area contributed by atoms with Gasteiger partial charge >= 0.3 is 0 Å². The molecule has 7 nitrogen and oxygen atoms in total. The number of hydrogen-bond acceptors (Lipinski definition) is 5. The van der Waals surface area contributed by atoms with Crippen LogP contribution in [-0.4, -0.2) is 65.7 Å². The number of carbonyl (C=O) groups excluding carboxylic acids is 1. The first-order valence-corrected chi connectivity index (χ1v) is 11.8. The predicted molar refractivity (Wildman–Crippen MR) is 137 cm³/mol. The Hall–Kier alpha value is -3.84. The molecule has 4 aromatic rings. The number of imidazole rings is 1. The van der Waals surface area contributed by atoms with Gasteiger partial charge in [-0.2, -0.15) is 0 Å². The van der Waals surface area contributed by atoms with E-state index in [9.17, 15) is 4.79 Å². The first-order chi connectivity index (χ1) is 17.1. The van der Waals surface area contributed by atoms with E-state index in [0.29, 0.717) is 18.7 Å². The first-order valence-electron chi connectivity index (χ1n) is 11.8. The third-order valence-electron chi connectivity index (χ3n) is 6.62. The van der Waals surface area contributed by atoms with Gasteiger partial charge in [0.25, 0.3) is 5.91 Å². The van der Waals surface area contributed by atoms with Crippen LogP contribution in [0.2, 0.25) is 0 Å². The molecule has 1 saturated heterocycles. The molecule has 0 bridgehead atoms. The third kappa shape index (κ3) is 4.59. The number of hydrogen-bond donors (Lipinski definition) is 0. The van der Waals surface area contributed by atoms with Crippen molar-refractivity contribution in [3.05, 3.63) is 83.7 Å². The van der Waals surface area contributed by atoms with Crippen molar-refractivity contribution in [3.63, 3.8) is 0 Å². The molecule has 0 unspecified atom stereocenters. The second-order valence-electron chi connectivity index (χ2n) is 8.78. The maximum atomic E-state index is 13.3. The van der Waals surface area contributed by atoms with E-state index in [4.69, 9.17) is 14.5 Å². The topological polar surface area (TPSA) is 59.8 Å². The van der Waals surface area contributed by atoms with Gasteiger partial charge in [-0.1, -0.05) is 18.2 Å². The molecule has 5 rings (SSSR count). The Kier molecular flexibility index (Phi) is 6.42. The van der Waals surface area contributed by atoms with Crippen LogP contribution < -0.4 is 9.47 Å². The molecule has 1 aliphatic rings. The summed E-state index contributed by atoms with van der Waals surface area (Å²) in [6.45, 7) is 5.71. The van der Waals surface area contributed by atoms with Crippen LogP contribution in [0, 0.1) is 6.92 Å². The van der Waals surface area contributed by atoms with Gasteiger partial charge in [-0.15, -0.1) is 0 Å². The van der Waals surface area contributed by atoms with E-state index in [1.165, 1.54) is 0 Å². The van der Waals surface area contributed by atoms with Crippen molar-refractivity contribution in [1.29, 1.82) is 0 Å². The molecule has 0 aliphatic carbocycles. The second-order valence-corrected chi connectivity index (χ2v) is 8.78. The Morgan fingerprint density at radius 3 is 2.40 bits per heavy atom. The number of aryl methyl sites for hydroxylation is 1. The molecule has 1 fully saturated rings. The number of amides is 1. The summed E-state index contributed by atoms with van der Waals surface area (Å²) in [5.74, 6) is 2.62. The maximum absolute atomic E-state index is 13.3. The fraction of sp³-hybridized carbons (Fsp3) is 0.286. The predicted octanol–water partition coefficient (Wildman–Crippen LogP) is 4.31. The van der Waals surface area contributed by atoms with Crippen LogP contribution in [0.15, 0.2) is 66.7 Å². The zero-order valence-corrected chi connectivity index (χ0v) is 20.4. The van der Waals surface area contributed by atoms with Gasteiger partial charge in [-0.25, -0.2) is 4.98 Å². The number of methoxy groups -OCH3 is 2. The Labute approximate surface area is 205 Å². The summed E-state index contributed by atoms with van der Waals surface area (Å²) in [4.78, 5) is 22.3. The number of aromatic nitrogens is 2. The molecule has 180 valence electrons. The van der Waals surface area contributed by atoms with E-state index >= 15 is 0 Å². The van der Waals surface area contributed by atoms with Crippen molar-refractivity contribution in [3.8, 4) is 17.2 Å². The quantitative estimate of drug-likeness (QED) is 0.420. The monoisotopic (exact) mass is 470 g/mol. The highest BCUT2D eigenvalue weighted by Crippen LogP contribution is 2.26. The summed E-state index contributed by atoms with van der Waals surface area (Å²) in [5, 5.41) is 0. The lowest BCUT2D eigenvalue weighted by Gasteiger charge is -2.35. The van der Waals surface area contributed by atoms with Crippen LogP contribution in [0.5, 0.6) is 11.5 Å². The smallest absolute Gasteiger partial charge is 0.254 e. The van der Waals surface area contributed by atoms with E-state index in [1.54, 1.807) is 14.2 Å². The minimum absolute atomic E-state index is 0.0532. The number of para-hydroxylation sites is 1. The molecule has 1 amide bonds. The van der Waals surface area contributed by atoms with Gasteiger partial charge in [0.1, 0.15) is 17.3 Å². The molecule has 1 aromatic heterocycles. The molecule has 2 heterocycles. The van der Waals surface area contributed by atoms with Crippen molar-refractivity contribution in [2.75, 3.05) is 40.4 Å². The van der Waals surface area contributed by atoms with Crippen molar-refractivity contribution in [2.24, 2.45) is 0 Å². The minimum Gasteiger partial charge on any atom is -0.497 e. The lowest BCUT2D eigenvalue weighted by molar-refractivity contribution is 0.0627. The van der Waals surface area contributed by atoms with Crippen LogP contribution >= 0.6 is 0 Å². The molecule has 0 atom stereocenters. The molecule has 0 N–H and O–H groups in total. The summed E-state index contributed by atoms with van der Waals surface area (Å²) in [7, 11) is 3.35. The highest BCUT2D eigenvalue weighted by molar-refractivity contribution is 5.97. The summed E-state index contributed by atoms with van der Waals surface area (Å²) in [6, 6.07) is 21.8. The standard InChI is InChI=1S/C28H30N4O3/c1-20-29-25-18-21(9-11-26(25)32(20)23-7-5-4-6-8-23)28(33)31-15-13-30(14-16-31)19-22-17-24(34-2)10-12-27(22)35-3/h4-12,17-18H,13-16,19H2,1-3H3. The zero-order chi connectivity index (χ0) is 24.4. The fourth-order valence-corrected chi connectivity index (χ4v) is 4.77. The molecule has 1 aliphatic heterocycles. The summed E-state index contributed by atoms with van der Waals surface area (Å²) < 4.78 is 13.0. The largest absolute Gasteiger partial charge is 0.497 e. The number of nitrogens with zero attached hydrogens (tertiary/aromatic N) is 4. The Balaban J connectivity index is 1.28. The number of piperazine rings is 1. The lowest BCUT2D eigenvalue weighted by atomic mass is 10.1. The molecule has 0 saturated carbocycles. The van der Waals surface area contributed by atoms with E-state index < -0.39 is 0 Å². The van der Waals surface area contributed by atoms with Gasteiger partial charge in [0.2, 0.25) is 0 Å². The SMILES string of the molecule is COc1ccc(OC)c(CN2CCN(C(=O)c3ccc4c(c3)nc(C)n4-c3ccccc3)CC2)c1. The second kappa shape index (κ2) is 9.80.